The molecule has 8 heteroatoms. The maximum Gasteiger partial charge on any atom is 0.321 e. The quantitative estimate of drug-likeness (QED) is 0.627. The number of likely N-dealkylation sites (N-methyl/N-ethyl adjacent to an activating group) is 1. The fraction of sp³-hybridized carbons (Fsp3) is 0.400. The lowest BCUT2D eigenvalue weighted by atomic mass is 9.98. The van der Waals surface area contributed by atoms with E-state index in [0.29, 0.717) is 13.1 Å². The van der Waals surface area contributed by atoms with Crippen LogP contribution in [0.25, 0.3) is 10.9 Å². The van der Waals surface area contributed by atoms with Gasteiger partial charge in [-0.05, 0) is 55.4 Å². The number of aromatic nitrogens is 1. The minimum Gasteiger partial charge on any atom is -0.495 e. The highest BCUT2D eigenvalue weighted by Gasteiger charge is 2.29. The Bertz CT molecular complexity index is 1150. The van der Waals surface area contributed by atoms with Gasteiger partial charge in [-0.2, -0.15) is 0 Å². The van der Waals surface area contributed by atoms with Crippen LogP contribution in [0.15, 0.2) is 42.6 Å². The number of fused-ring (bicyclic) bond motifs is 1. The highest BCUT2D eigenvalue weighted by atomic mass is 19.1. The number of carbonyl (C=O) groups excluding carboxylic acids is 1. The van der Waals surface area contributed by atoms with Crippen molar-refractivity contribution in [3.63, 3.8) is 0 Å². The molecule has 1 aromatic heterocycles. The summed E-state index contributed by atoms with van der Waals surface area (Å²) in [6, 6.07) is 10.5. The zero-order chi connectivity index (χ0) is 22.9. The number of amides is 2. The highest BCUT2D eigenvalue weighted by Crippen LogP contribution is 2.34. The first-order valence-corrected chi connectivity index (χ1v) is 11.5. The van der Waals surface area contributed by atoms with E-state index in [9.17, 15) is 9.18 Å². The minimum atomic E-state index is -0.244. The molecule has 2 fully saturated rings. The van der Waals surface area contributed by atoms with Crippen molar-refractivity contribution in [1.29, 1.82) is 0 Å². The molecule has 2 aliphatic rings. The smallest absolute Gasteiger partial charge is 0.321 e. The lowest BCUT2D eigenvalue weighted by Gasteiger charge is -2.35. The number of nitrogens with one attached hydrogen (secondary N) is 2. The van der Waals surface area contributed by atoms with Crippen molar-refractivity contribution in [3.8, 4) is 5.75 Å². The number of hydrogen-bond donors (Lipinski definition) is 2. The topological polar surface area (TPSA) is 63.8 Å². The number of methoxy groups -OCH3 is 1. The molecule has 2 amide bonds. The molecule has 0 radical (unpaired) electrons. The molecular weight excluding hydrogens is 421 g/mol. The Kier molecular flexibility index (Phi) is 5.85. The average molecular weight is 452 g/mol. The van der Waals surface area contributed by atoms with E-state index in [2.05, 4.69) is 27.1 Å². The summed E-state index contributed by atoms with van der Waals surface area (Å²) in [4.78, 5) is 22.7. The van der Waals surface area contributed by atoms with Crippen molar-refractivity contribution in [2.24, 2.45) is 0 Å². The van der Waals surface area contributed by atoms with E-state index < -0.39 is 0 Å². The number of aromatic amines is 1. The molecule has 174 valence electrons. The number of ether oxygens (including phenoxy) is 1. The molecular formula is C25H30FN5O2. The SMILES string of the molecule is COc1ccc(NC(=O)N2CC[C@@H](c3c[nH]c4ccc(F)cc34)C2)cc1N1CCN(C)CC1. The standard InChI is InChI=1S/C25H30FN5O2/c1-29-9-11-30(12-10-29)23-14-19(4-6-24(23)33-2)28-25(32)31-8-7-17(16-31)21-15-27-22-5-3-18(26)13-20(21)22/h3-6,13-15,17,27H,7-12,16H2,1-2H3,(H,28,32)/t17-/m1/s1. The number of urea groups is 1. The number of piperazine rings is 1. The zero-order valence-corrected chi connectivity index (χ0v) is 19.1. The molecule has 3 heterocycles. The Morgan fingerprint density at radius 2 is 1.94 bits per heavy atom. The number of likely N-dealkylation sites (tertiary alicyclic amines) is 1. The van der Waals surface area contributed by atoms with Gasteiger partial charge in [0.2, 0.25) is 0 Å². The Labute approximate surface area is 193 Å². The fourth-order valence-corrected chi connectivity index (χ4v) is 4.92. The minimum absolute atomic E-state index is 0.113. The van der Waals surface area contributed by atoms with E-state index in [1.165, 1.54) is 6.07 Å². The van der Waals surface area contributed by atoms with Crippen LogP contribution in [-0.2, 0) is 0 Å². The van der Waals surface area contributed by atoms with E-state index in [1.54, 1.807) is 19.2 Å². The lowest BCUT2D eigenvalue weighted by Crippen LogP contribution is -2.44. The first-order valence-electron chi connectivity index (χ1n) is 11.5. The predicted molar refractivity (Wildman–Crippen MR) is 129 cm³/mol. The Balaban J connectivity index is 1.28. The van der Waals surface area contributed by atoms with E-state index in [1.807, 2.05) is 29.3 Å². The van der Waals surface area contributed by atoms with Crippen molar-refractivity contribution in [2.75, 3.05) is 63.6 Å². The van der Waals surface area contributed by atoms with Crippen molar-refractivity contribution < 1.29 is 13.9 Å². The van der Waals surface area contributed by atoms with E-state index >= 15 is 0 Å². The predicted octanol–water partition coefficient (Wildman–Crippen LogP) is 4.09. The first-order chi connectivity index (χ1) is 16.0. The summed E-state index contributed by atoms with van der Waals surface area (Å²) in [5, 5.41) is 3.96. The van der Waals surface area contributed by atoms with Crippen molar-refractivity contribution >= 4 is 28.3 Å². The van der Waals surface area contributed by atoms with Gasteiger partial charge in [-0.1, -0.05) is 0 Å². The van der Waals surface area contributed by atoms with E-state index in [0.717, 1.165) is 66.2 Å². The molecule has 5 rings (SSSR count). The molecule has 0 unspecified atom stereocenters. The number of H-pyrrole nitrogens is 1. The molecule has 2 aromatic carbocycles. The maximum absolute atomic E-state index is 13.8. The number of benzene rings is 2. The van der Waals surface area contributed by atoms with E-state index in [4.69, 9.17) is 4.74 Å². The van der Waals surface area contributed by atoms with Crippen molar-refractivity contribution in [1.82, 2.24) is 14.8 Å². The fourth-order valence-electron chi connectivity index (χ4n) is 4.92. The van der Waals surface area contributed by atoms with Crippen LogP contribution in [0.2, 0.25) is 0 Å². The van der Waals surface area contributed by atoms with Gasteiger partial charge in [0.1, 0.15) is 11.6 Å². The molecule has 0 saturated carbocycles. The molecule has 7 nitrogen and oxygen atoms in total. The molecule has 33 heavy (non-hydrogen) atoms. The van der Waals surface area contributed by atoms with Crippen LogP contribution in [0.3, 0.4) is 0 Å². The highest BCUT2D eigenvalue weighted by molar-refractivity contribution is 5.91. The van der Waals surface area contributed by atoms with Crippen LogP contribution in [0.5, 0.6) is 5.75 Å². The number of anilines is 2. The van der Waals surface area contributed by atoms with Crippen LogP contribution in [0.1, 0.15) is 17.9 Å². The normalized spacial score (nSPS) is 19.3. The first kappa shape index (κ1) is 21.6. The second kappa shape index (κ2) is 8.94. The average Bonchev–Trinajstić information content (AvgIpc) is 3.46. The van der Waals surface area contributed by atoms with Crippen LogP contribution in [0.4, 0.5) is 20.6 Å². The lowest BCUT2D eigenvalue weighted by molar-refractivity contribution is 0.222. The number of nitrogens with zero attached hydrogens (tertiary/aromatic N) is 3. The summed E-state index contributed by atoms with van der Waals surface area (Å²) >= 11 is 0. The molecule has 0 spiro atoms. The summed E-state index contributed by atoms with van der Waals surface area (Å²) in [5.41, 5.74) is 3.75. The van der Waals surface area contributed by atoms with Gasteiger partial charge in [0.15, 0.2) is 0 Å². The number of halogens is 1. The summed E-state index contributed by atoms with van der Waals surface area (Å²) < 4.78 is 19.3. The second-order valence-corrected chi connectivity index (χ2v) is 8.97. The van der Waals surface area contributed by atoms with Crippen LogP contribution < -0.4 is 15.0 Å². The van der Waals surface area contributed by atoms with Crippen LogP contribution in [-0.4, -0.2) is 74.2 Å². The number of carbonyl (C=O) groups is 1. The van der Waals surface area contributed by atoms with Crippen molar-refractivity contribution in [3.05, 3.63) is 54.0 Å². The molecule has 1 atom stereocenters. The van der Waals surface area contributed by atoms with Crippen LogP contribution >= 0.6 is 0 Å². The summed E-state index contributed by atoms with van der Waals surface area (Å²) in [5.74, 6) is 0.750. The monoisotopic (exact) mass is 451 g/mol. The number of rotatable bonds is 4. The zero-order valence-electron chi connectivity index (χ0n) is 19.1. The summed E-state index contributed by atoms with van der Waals surface area (Å²) in [7, 11) is 3.80. The van der Waals surface area contributed by atoms with Gasteiger partial charge in [-0.3, -0.25) is 0 Å². The van der Waals surface area contributed by atoms with Gasteiger partial charge in [0.25, 0.3) is 0 Å². The Morgan fingerprint density at radius 3 is 2.73 bits per heavy atom. The maximum atomic E-state index is 13.8. The van der Waals surface area contributed by atoms with Gasteiger partial charge < -0.3 is 29.7 Å². The van der Waals surface area contributed by atoms with Gasteiger partial charge in [-0.25, -0.2) is 9.18 Å². The Hall–Kier alpha value is -3.26. The Morgan fingerprint density at radius 1 is 1.12 bits per heavy atom. The third kappa shape index (κ3) is 4.35. The molecule has 2 N–H and O–H groups in total. The van der Waals surface area contributed by atoms with Gasteiger partial charge in [0.05, 0.1) is 12.8 Å². The second-order valence-electron chi connectivity index (χ2n) is 8.97. The van der Waals surface area contributed by atoms with Gasteiger partial charge >= 0.3 is 6.03 Å². The summed E-state index contributed by atoms with van der Waals surface area (Å²) in [6.45, 7) is 5.10. The van der Waals surface area contributed by atoms with E-state index in [-0.39, 0.29) is 17.8 Å². The van der Waals surface area contributed by atoms with Crippen molar-refractivity contribution in [2.45, 2.75) is 12.3 Å². The third-order valence-corrected chi connectivity index (χ3v) is 6.87. The molecule has 3 aromatic rings. The molecule has 0 bridgehead atoms. The molecule has 0 aliphatic carbocycles. The van der Waals surface area contributed by atoms with Crippen LogP contribution in [0, 0.1) is 5.82 Å². The summed E-state index contributed by atoms with van der Waals surface area (Å²) in [6.07, 6.45) is 2.80. The third-order valence-electron chi connectivity index (χ3n) is 6.87. The molecule has 2 saturated heterocycles. The van der Waals surface area contributed by atoms with Gasteiger partial charge in [0, 0.05) is 68.0 Å². The van der Waals surface area contributed by atoms with Gasteiger partial charge in [-0.15, -0.1) is 0 Å². The number of hydrogen-bond acceptors (Lipinski definition) is 4. The molecule has 2 aliphatic heterocycles. The largest absolute Gasteiger partial charge is 0.495 e.